The van der Waals surface area contributed by atoms with Crippen LogP contribution in [-0.2, 0) is 4.74 Å². The van der Waals surface area contributed by atoms with Crippen molar-refractivity contribution in [1.82, 2.24) is 29.9 Å². The molecule has 11 nitrogen and oxygen atoms in total. The van der Waals surface area contributed by atoms with Gasteiger partial charge in [-0.25, -0.2) is 19.3 Å². The number of ether oxygens (including phenoxy) is 1. The van der Waals surface area contributed by atoms with E-state index in [-0.39, 0.29) is 22.5 Å². The van der Waals surface area contributed by atoms with Gasteiger partial charge in [-0.3, -0.25) is 4.79 Å². The second-order valence-electron chi connectivity index (χ2n) is 8.13. The number of hydrogen-bond donors (Lipinski definition) is 4. The highest BCUT2D eigenvalue weighted by Gasteiger charge is 2.29. The Labute approximate surface area is 211 Å². The molecule has 0 unspecified atom stereocenters. The number of nitrogen functional groups attached to an aromatic ring is 1. The zero-order chi connectivity index (χ0) is 27.0. The standard InChI is InChI=1S/C24H19F3N8O3/c1-38-22(37)14-3-2-4-16-18(14)34-23(33-16)32-13-7-5-12(6-8-13)17-15(21(36)29-10-24(25,26)27)9-35-19(17)20(28)30-11-31-35/h2-9,11H,10H2,1H3,(H,29,36)(H2,28,30,31)(H2,32,33,34). The summed E-state index contributed by atoms with van der Waals surface area (Å²) in [7, 11) is 1.29. The number of fused-ring (bicyclic) bond motifs is 2. The number of esters is 1. The number of hydrogen-bond acceptors (Lipinski definition) is 8. The van der Waals surface area contributed by atoms with E-state index in [1.165, 1.54) is 24.1 Å². The number of imidazole rings is 1. The minimum Gasteiger partial charge on any atom is -0.465 e. The summed E-state index contributed by atoms with van der Waals surface area (Å²) in [5, 5.41) is 9.00. The fourth-order valence-electron chi connectivity index (χ4n) is 4.00. The lowest BCUT2D eigenvalue weighted by Crippen LogP contribution is -2.33. The number of carbonyl (C=O) groups excluding carboxylic acids is 2. The van der Waals surface area contributed by atoms with E-state index in [0.29, 0.717) is 33.8 Å². The molecule has 1 amide bonds. The van der Waals surface area contributed by atoms with Crippen LogP contribution in [0.15, 0.2) is 55.0 Å². The van der Waals surface area contributed by atoms with Gasteiger partial charge in [0.2, 0.25) is 5.95 Å². The van der Waals surface area contributed by atoms with Crippen molar-refractivity contribution in [3.63, 3.8) is 0 Å². The third-order valence-electron chi connectivity index (χ3n) is 5.66. The number of benzene rings is 2. The Kier molecular flexibility index (Phi) is 6.06. The molecule has 0 fully saturated rings. The first-order valence-electron chi connectivity index (χ1n) is 11.1. The highest BCUT2D eigenvalue weighted by molar-refractivity contribution is 6.07. The van der Waals surface area contributed by atoms with E-state index in [0.717, 1.165) is 0 Å². The van der Waals surface area contributed by atoms with Crippen molar-refractivity contribution in [1.29, 1.82) is 0 Å². The van der Waals surface area contributed by atoms with E-state index in [1.807, 2.05) is 5.32 Å². The number of para-hydroxylation sites is 1. The number of methoxy groups -OCH3 is 1. The fraction of sp³-hybridized carbons (Fsp3) is 0.125. The molecule has 0 saturated carbocycles. The molecule has 3 heterocycles. The highest BCUT2D eigenvalue weighted by atomic mass is 19.4. The predicted octanol–water partition coefficient (Wildman–Crippen LogP) is 3.68. The summed E-state index contributed by atoms with van der Waals surface area (Å²) < 4.78 is 44.2. The maximum atomic E-state index is 12.7. The zero-order valence-corrected chi connectivity index (χ0v) is 19.6. The molecule has 2 aromatic carbocycles. The Morgan fingerprint density at radius 3 is 2.61 bits per heavy atom. The molecule has 0 aliphatic carbocycles. The van der Waals surface area contributed by atoms with Crippen molar-refractivity contribution in [2.24, 2.45) is 0 Å². The molecule has 0 bridgehead atoms. The van der Waals surface area contributed by atoms with Crippen LogP contribution < -0.4 is 16.4 Å². The van der Waals surface area contributed by atoms with Crippen LogP contribution in [0.1, 0.15) is 20.7 Å². The molecule has 0 spiro atoms. The van der Waals surface area contributed by atoms with Crippen molar-refractivity contribution in [2.45, 2.75) is 6.18 Å². The first-order valence-corrected chi connectivity index (χ1v) is 11.1. The minimum absolute atomic E-state index is 0.0465. The third kappa shape index (κ3) is 4.66. The van der Waals surface area contributed by atoms with Gasteiger partial charge in [-0.1, -0.05) is 18.2 Å². The second-order valence-corrected chi connectivity index (χ2v) is 8.13. The smallest absolute Gasteiger partial charge is 0.405 e. The number of anilines is 3. The van der Waals surface area contributed by atoms with Crippen molar-refractivity contribution >= 4 is 45.9 Å². The van der Waals surface area contributed by atoms with Gasteiger partial charge in [-0.15, -0.1) is 0 Å². The molecule has 0 aliphatic rings. The van der Waals surface area contributed by atoms with Crippen LogP contribution >= 0.6 is 0 Å². The van der Waals surface area contributed by atoms with Crippen LogP contribution in [0.5, 0.6) is 0 Å². The Balaban J connectivity index is 1.48. The maximum Gasteiger partial charge on any atom is 0.405 e. The van der Waals surface area contributed by atoms with Gasteiger partial charge in [-0.2, -0.15) is 18.3 Å². The average Bonchev–Trinajstić information content (AvgIpc) is 3.49. The summed E-state index contributed by atoms with van der Waals surface area (Å²) in [6.07, 6.45) is -2.10. The van der Waals surface area contributed by atoms with Crippen LogP contribution in [0.2, 0.25) is 0 Å². The van der Waals surface area contributed by atoms with Crippen LogP contribution in [0.4, 0.5) is 30.6 Å². The summed E-state index contributed by atoms with van der Waals surface area (Å²) in [6.45, 7) is -1.49. The van der Waals surface area contributed by atoms with Gasteiger partial charge in [0, 0.05) is 17.4 Å². The summed E-state index contributed by atoms with van der Waals surface area (Å²) in [4.78, 5) is 36.1. The van der Waals surface area contributed by atoms with E-state index in [4.69, 9.17) is 10.5 Å². The second kappa shape index (κ2) is 9.38. The normalized spacial score (nSPS) is 11.6. The number of aromatic nitrogens is 5. The maximum absolute atomic E-state index is 12.7. The zero-order valence-electron chi connectivity index (χ0n) is 19.6. The van der Waals surface area contributed by atoms with Crippen LogP contribution in [-0.4, -0.2) is 56.3 Å². The summed E-state index contributed by atoms with van der Waals surface area (Å²) >= 11 is 0. The monoisotopic (exact) mass is 524 g/mol. The highest BCUT2D eigenvalue weighted by Crippen LogP contribution is 2.33. The van der Waals surface area contributed by atoms with Crippen molar-refractivity contribution < 1.29 is 27.5 Å². The molecule has 5 rings (SSSR count). The fourth-order valence-corrected chi connectivity index (χ4v) is 4.00. The lowest BCUT2D eigenvalue weighted by Gasteiger charge is -2.10. The molecule has 0 radical (unpaired) electrons. The van der Waals surface area contributed by atoms with E-state index in [1.54, 1.807) is 42.5 Å². The Bertz CT molecular complexity index is 1680. The van der Waals surface area contributed by atoms with E-state index < -0.39 is 24.6 Å². The number of halogens is 3. The molecule has 0 saturated heterocycles. The molecule has 5 aromatic rings. The van der Waals surface area contributed by atoms with Crippen molar-refractivity contribution in [3.05, 3.63) is 66.1 Å². The minimum atomic E-state index is -4.57. The number of nitrogens with one attached hydrogen (secondary N) is 3. The number of amides is 1. The summed E-state index contributed by atoms with van der Waals surface area (Å²) in [5.41, 5.74) is 9.01. The number of carbonyl (C=O) groups is 2. The van der Waals surface area contributed by atoms with Crippen molar-refractivity contribution in [3.8, 4) is 11.1 Å². The number of rotatable bonds is 6. The lowest BCUT2D eigenvalue weighted by atomic mass is 10.0. The largest absolute Gasteiger partial charge is 0.465 e. The van der Waals surface area contributed by atoms with Gasteiger partial charge in [0.1, 0.15) is 18.4 Å². The van der Waals surface area contributed by atoms with Gasteiger partial charge in [-0.05, 0) is 29.8 Å². The molecule has 5 N–H and O–H groups in total. The third-order valence-corrected chi connectivity index (χ3v) is 5.66. The first-order chi connectivity index (χ1) is 18.1. The molecular weight excluding hydrogens is 505 g/mol. The lowest BCUT2D eigenvalue weighted by molar-refractivity contribution is -0.123. The van der Waals surface area contributed by atoms with E-state index >= 15 is 0 Å². The average molecular weight is 524 g/mol. The topological polar surface area (TPSA) is 152 Å². The van der Waals surface area contributed by atoms with Crippen molar-refractivity contribution in [2.75, 3.05) is 24.7 Å². The number of H-pyrrole nitrogens is 1. The van der Waals surface area contributed by atoms with Crippen LogP contribution in [0.3, 0.4) is 0 Å². The van der Waals surface area contributed by atoms with E-state index in [9.17, 15) is 22.8 Å². The van der Waals surface area contributed by atoms with Gasteiger partial charge in [0.05, 0.1) is 29.3 Å². The Hall–Kier alpha value is -5.14. The predicted molar refractivity (Wildman–Crippen MR) is 132 cm³/mol. The quantitative estimate of drug-likeness (QED) is 0.246. The molecule has 0 atom stereocenters. The Morgan fingerprint density at radius 1 is 1.13 bits per heavy atom. The molecular formula is C24H19F3N8O3. The number of alkyl halides is 3. The number of aromatic amines is 1. The first kappa shape index (κ1) is 24.5. The van der Waals surface area contributed by atoms with Gasteiger partial charge in [0.25, 0.3) is 5.91 Å². The molecule has 14 heteroatoms. The van der Waals surface area contributed by atoms with Crippen LogP contribution in [0.25, 0.3) is 27.7 Å². The molecule has 0 aliphatic heterocycles. The number of nitrogens with two attached hydrogens (primary N) is 1. The molecule has 194 valence electrons. The van der Waals surface area contributed by atoms with E-state index in [2.05, 4.69) is 25.4 Å². The SMILES string of the molecule is COC(=O)c1cccc2nc(Nc3ccc(-c4c(C(=O)NCC(F)(F)F)cn5ncnc(N)c45)cc3)[nH]c12. The molecule has 38 heavy (non-hydrogen) atoms. The number of nitrogens with zero attached hydrogens (tertiary/aromatic N) is 4. The summed E-state index contributed by atoms with van der Waals surface area (Å²) in [5.74, 6) is -1.03. The van der Waals surface area contributed by atoms with Gasteiger partial charge < -0.3 is 26.1 Å². The van der Waals surface area contributed by atoms with Gasteiger partial charge >= 0.3 is 12.1 Å². The van der Waals surface area contributed by atoms with Crippen LogP contribution in [0, 0.1) is 0 Å². The van der Waals surface area contributed by atoms with Gasteiger partial charge in [0.15, 0.2) is 5.82 Å². The molecule has 3 aromatic heterocycles. The summed E-state index contributed by atoms with van der Waals surface area (Å²) in [6, 6.07) is 11.7. The Morgan fingerprint density at radius 2 is 1.89 bits per heavy atom.